The Morgan fingerprint density at radius 3 is 2.80 bits per heavy atom. The fourth-order valence-corrected chi connectivity index (χ4v) is 7.78. The fraction of sp³-hybridized carbons (Fsp3) is 0.243. The lowest BCUT2D eigenvalue weighted by atomic mass is 9.90. The molecule has 2 aromatic heterocycles. The summed E-state index contributed by atoms with van der Waals surface area (Å²) in [6.45, 7) is 2.30. The Kier molecular flexibility index (Phi) is 4.73. The van der Waals surface area contributed by atoms with E-state index in [4.69, 9.17) is 4.42 Å². The zero-order valence-electron chi connectivity index (χ0n) is 22.8. The van der Waals surface area contributed by atoms with E-state index >= 15 is 0 Å². The van der Waals surface area contributed by atoms with Gasteiger partial charge < -0.3 is 13.9 Å². The summed E-state index contributed by atoms with van der Waals surface area (Å²) in [5, 5.41) is 4.11. The van der Waals surface area contributed by atoms with Gasteiger partial charge >= 0.3 is 0 Å². The SMILES string of the molecule is CC1C=Cc2oc3c(c2C1)C=C(n1c2c(c4cc(N5c6ccccc6C6C=CC=CC65)ccc41)=CCCC=2)CC3. The van der Waals surface area contributed by atoms with Crippen molar-refractivity contribution < 1.29 is 4.42 Å². The standard InChI is InChI=1S/C37H32N2O/c1-23-14-18-36-30(20-23)31-22-25(16-19-37(31)40-36)39-34-13-7-4-10-28(34)29-21-24(15-17-35(29)39)38-32-11-5-2-8-26(32)27-9-3-6-12-33(27)38/h2-3,5-6,8-15,17-18,21-23,26,32H,4,7,16,19-20H2,1H3. The highest BCUT2D eigenvalue weighted by Crippen LogP contribution is 2.48. The van der Waals surface area contributed by atoms with Gasteiger partial charge in [0.15, 0.2) is 0 Å². The normalized spacial score (nSPS) is 23.6. The Labute approximate surface area is 234 Å². The van der Waals surface area contributed by atoms with Gasteiger partial charge in [-0.3, -0.25) is 0 Å². The maximum Gasteiger partial charge on any atom is 0.130 e. The van der Waals surface area contributed by atoms with E-state index in [0.29, 0.717) is 17.9 Å². The van der Waals surface area contributed by atoms with Crippen LogP contribution in [0.3, 0.4) is 0 Å². The van der Waals surface area contributed by atoms with Gasteiger partial charge in [0, 0.05) is 56.5 Å². The molecule has 3 nitrogen and oxygen atoms in total. The second kappa shape index (κ2) is 8.38. The van der Waals surface area contributed by atoms with E-state index in [1.165, 1.54) is 55.2 Å². The highest BCUT2D eigenvalue weighted by atomic mass is 16.3. The van der Waals surface area contributed by atoms with Crippen LogP contribution >= 0.6 is 0 Å². The first-order valence-corrected chi connectivity index (χ1v) is 14.9. The number of furan rings is 1. The Bertz CT molecular complexity index is 1970. The molecular formula is C37H32N2O. The van der Waals surface area contributed by atoms with Crippen LogP contribution in [-0.4, -0.2) is 10.6 Å². The number of anilines is 2. The Hall–Kier alpha value is -4.24. The minimum absolute atomic E-state index is 0.316. The lowest BCUT2D eigenvalue weighted by Gasteiger charge is -2.29. The molecule has 0 spiro atoms. The monoisotopic (exact) mass is 520 g/mol. The van der Waals surface area contributed by atoms with Gasteiger partial charge in [-0.15, -0.1) is 0 Å². The zero-order chi connectivity index (χ0) is 26.4. The number of benzene rings is 2. The molecule has 0 bridgehead atoms. The van der Waals surface area contributed by atoms with Crippen molar-refractivity contribution in [3.8, 4) is 0 Å². The number of rotatable bonds is 2. The number of hydrogen-bond donors (Lipinski definition) is 0. The van der Waals surface area contributed by atoms with Crippen LogP contribution in [0.1, 0.15) is 60.3 Å². The first-order chi connectivity index (χ1) is 19.7. The summed E-state index contributed by atoms with van der Waals surface area (Å²) >= 11 is 0. The van der Waals surface area contributed by atoms with Crippen molar-refractivity contribution in [3.05, 3.63) is 112 Å². The average molecular weight is 521 g/mol. The van der Waals surface area contributed by atoms with Crippen LogP contribution in [0.5, 0.6) is 0 Å². The molecular weight excluding hydrogens is 488 g/mol. The summed E-state index contributed by atoms with van der Waals surface area (Å²) in [7, 11) is 0. The molecule has 0 saturated carbocycles. The molecule has 9 rings (SSSR count). The number of hydrogen-bond acceptors (Lipinski definition) is 2. The first kappa shape index (κ1) is 22.6. The van der Waals surface area contributed by atoms with Gasteiger partial charge in [0.1, 0.15) is 11.5 Å². The van der Waals surface area contributed by atoms with E-state index in [2.05, 4.69) is 114 Å². The molecule has 0 N–H and O–H groups in total. The fourth-order valence-electron chi connectivity index (χ4n) is 7.78. The average Bonchev–Trinajstić information content (AvgIpc) is 3.64. The molecule has 0 saturated heterocycles. The third-order valence-electron chi connectivity index (χ3n) is 9.58. The predicted octanol–water partition coefficient (Wildman–Crippen LogP) is 7.47. The lowest BCUT2D eigenvalue weighted by molar-refractivity contribution is 0.493. The smallest absolute Gasteiger partial charge is 0.130 e. The summed E-state index contributed by atoms with van der Waals surface area (Å²) < 4.78 is 8.87. The van der Waals surface area contributed by atoms with Crippen molar-refractivity contribution in [2.45, 2.75) is 51.0 Å². The third kappa shape index (κ3) is 3.12. The van der Waals surface area contributed by atoms with E-state index in [0.717, 1.165) is 43.6 Å². The number of allylic oxidation sites excluding steroid dienone is 4. The maximum absolute atomic E-state index is 6.32. The summed E-state index contributed by atoms with van der Waals surface area (Å²) in [5.74, 6) is 3.18. The molecule has 4 aromatic rings. The molecule has 196 valence electrons. The predicted molar refractivity (Wildman–Crippen MR) is 166 cm³/mol. The summed E-state index contributed by atoms with van der Waals surface area (Å²) in [4.78, 5) is 2.55. The Morgan fingerprint density at radius 1 is 0.925 bits per heavy atom. The van der Waals surface area contributed by atoms with Crippen LogP contribution < -0.4 is 15.5 Å². The second-order valence-electron chi connectivity index (χ2n) is 12.0. The molecule has 0 amide bonds. The van der Waals surface area contributed by atoms with Crippen LogP contribution in [0.25, 0.3) is 40.9 Å². The summed E-state index contributed by atoms with van der Waals surface area (Å²) in [5.41, 5.74) is 9.44. The molecule has 3 heterocycles. The highest BCUT2D eigenvalue weighted by Gasteiger charge is 2.37. The second-order valence-corrected chi connectivity index (χ2v) is 12.0. The van der Waals surface area contributed by atoms with Crippen molar-refractivity contribution >= 4 is 52.3 Å². The van der Waals surface area contributed by atoms with Gasteiger partial charge in [-0.1, -0.05) is 67.7 Å². The molecule has 5 aliphatic rings. The number of para-hydroxylation sites is 1. The maximum atomic E-state index is 6.32. The summed E-state index contributed by atoms with van der Waals surface area (Å²) in [6, 6.07) is 16.4. The van der Waals surface area contributed by atoms with Gasteiger partial charge in [0.25, 0.3) is 0 Å². The quantitative estimate of drug-likeness (QED) is 0.273. The molecule has 3 unspecified atom stereocenters. The minimum Gasteiger partial charge on any atom is -0.461 e. The molecule has 3 heteroatoms. The molecule has 2 aromatic carbocycles. The van der Waals surface area contributed by atoms with Crippen molar-refractivity contribution in [1.82, 2.24) is 4.57 Å². The molecule has 0 radical (unpaired) electrons. The largest absolute Gasteiger partial charge is 0.461 e. The van der Waals surface area contributed by atoms with Gasteiger partial charge in [-0.2, -0.15) is 0 Å². The van der Waals surface area contributed by atoms with Crippen molar-refractivity contribution in [1.29, 1.82) is 0 Å². The van der Waals surface area contributed by atoms with Crippen molar-refractivity contribution in [3.63, 3.8) is 0 Å². The number of nitrogens with zero attached hydrogens (tertiary/aromatic N) is 2. The molecule has 4 aliphatic carbocycles. The number of aryl methyl sites for hydroxylation is 1. The number of fused-ring (bicyclic) bond motifs is 9. The van der Waals surface area contributed by atoms with Gasteiger partial charge in [-0.05, 0) is 73.6 Å². The van der Waals surface area contributed by atoms with E-state index in [-0.39, 0.29) is 0 Å². The first-order valence-electron chi connectivity index (χ1n) is 14.9. The Morgan fingerprint density at radius 2 is 1.82 bits per heavy atom. The van der Waals surface area contributed by atoms with Crippen LogP contribution in [0, 0.1) is 5.92 Å². The zero-order valence-corrected chi connectivity index (χ0v) is 22.8. The third-order valence-corrected chi connectivity index (χ3v) is 9.58. The minimum atomic E-state index is 0.316. The topological polar surface area (TPSA) is 21.3 Å². The number of aromatic nitrogens is 1. The molecule has 3 atom stereocenters. The lowest BCUT2D eigenvalue weighted by Crippen LogP contribution is -2.31. The van der Waals surface area contributed by atoms with Crippen LogP contribution in [0.4, 0.5) is 11.4 Å². The van der Waals surface area contributed by atoms with Crippen LogP contribution in [0.15, 0.2) is 77.3 Å². The molecule has 0 fully saturated rings. The van der Waals surface area contributed by atoms with E-state index in [9.17, 15) is 0 Å². The van der Waals surface area contributed by atoms with E-state index in [1.54, 1.807) is 0 Å². The van der Waals surface area contributed by atoms with Crippen molar-refractivity contribution in [2.75, 3.05) is 4.90 Å². The van der Waals surface area contributed by atoms with E-state index < -0.39 is 0 Å². The molecule has 1 aliphatic heterocycles. The van der Waals surface area contributed by atoms with Crippen molar-refractivity contribution in [2.24, 2.45) is 5.92 Å². The van der Waals surface area contributed by atoms with E-state index in [1.807, 2.05) is 0 Å². The van der Waals surface area contributed by atoms with Crippen LogP contribution in [-0.2, 0) is 12.8 Å². The van der Waals surface area contributed by atoms with Gasteiger partial charge in [0.2, 0.25) is 0 Å². The van der Waals surface area contributed by atoms with Gasteiger partial charge in [0.05, 0.1) is 11.6 Å². The Balaban J connectivity index is 1.22. The van der Waals surface area contributed by atoms with Gasteiger partial charge in [-0.25, -0.2) is 0 Å². The molecule has 40 heavy (non-hydrogen) atoms. The highest BCUT2D eigenvalue weighted by molar-refractivity contribution is 5.92. The summed E-state index contributed by atoms with van der Waals surface area (Å²) in [6.07, 6.45) is 26.1. The van der Waals surface area contributed by atoms with Crippen LogP contribution in [0.2, 0.25) is 0 Å².